The van der Waals surface area contributed by atoms with Crippen LogP contribution in [-0.4, -0.2) is 34.3 Å². The van der Waals surface area contributed by atoms with Crippen LogP contribution in [-0.2, 0) is 19.5 Å². The minimum Gasteiger partial charge on any atom is -0.311 e. The van der Waals surface area contributed by atoms with Crippen LogP contribution < -0.4 is 5.32 Å². The lowest BCUT2D eigenvalue weighted by atomic mass is 10.0. The second-order valence-electron chi connectivity index (χ2n) is 5.93. The summed E-state index contributed by atoms with van der Waals surface area (Å²) in [6.07, 6.45) is 2.30. The van der Waals surface area contributed by atoms with Crippen LogP contribution in [0.5, 0.6) is 0 Å². The van der Waals surface area contributed by atoms with E-state index < -0.39 is 0 Å². The van der Waals surface area contributed by atoms with Crippen LogP contribution in [0.2, 0.25) is 0 Å². The molecule has 3 rings (SSSR count). The van der Waals surface area contributed by atoms with Gasteiger partial charge in [-0.3, -0.25) is 4.90 Å². The van der Waals surface area contributed by atoms with E-state index in [-0.39, 0.29) is 0 Å². The first kappa shape index (κ1) is 15.3. The van der Waals surface area contributed by atoms with Crippen molar-refractivity contribution in [2.75, 3.05) is 19.6 Å². The Hall–Kier alpha value is -1.65. The smallest absolute Gasteiger partial charge is 0.0814 e. The van der Waals surface area contributed by atoms with Gasteiger partial charge < -0.3 is 5.32 Å². The third-order valence-electron chi connectivity index (χ3n) is 4.30. The Balaban J connectivity index is 1.96. The lowest BCUT2D eigenvalue weighted by Gasteiger charge is -2.27. The highest BCUT2D eigenvalue weighted by molar-refractivity contribution is 5.38. The van der Waals surface area contributed by atoms with Crippen LogP contribution in [0.3, 0.4) is 0 Å². The van der Waals surface area contributed by atoms with E-state index in [1.807, 2.05) is 0 Å². The Kier molecular flexibility index (Phi) is 4.90. The van der Waals surface area contributed by atoms with E-state index in [2.05, 4.69) is 59.1 Å². The monoisotopic (exact) mass is 298 g/mol. The Morgan fingerprint density at radius 2 is 2.00 bits per heavy atom. The van der Waals surface area contributed by atoms with E-state index in [9.17, 15) is 0 Å². The molecule has 0 atom stereocenters. The van der Waals surface area contributed by atoms with Gasteiger partial charge in [-0.05, 0) is 31.6 Å². The summed E-state index contributed by atoms with van der Waals surface area (Å²) in [6.45, 7) is 9.59. The third kappa shape index (κ3) is 3.08. The van der Waals surface area contributed by atoms with Crippen molar-refractivity contribution in [1.29, 1.82) is 0 Å². The number of aromatic nitrogens is 2. The van der Waals surface area contributed by atoms with Gasteiger partial charge in [-0.15, -0.1) is 0 Å². The van der Waals surface area contributed by atoms with Gasteiger partial charge in [-0.25, -0.2) is 4.68 Å². The van der Waals surface area contributed by atoms with Crippen molar-refractivity contribution in [3.8, 4) is 5.69 Å². The molecule has 1 aliphatic rings. The van der Waals surface area contributed by atoms with E-state index >= 15 is 0 Å². The first-order chi connectivity index (χ1) is 10.8. The fourth-order valence-electron chi connectivity index (χ4n) is 3.22. The molecule has 2 aromatic rings. The van der Waals surface area contributed by atoms with E-state index in [4.69, 9.17) is 5.10 Å². The average molecular weight is 298 g/mol. The van der Waals surface area contributed by atoms with Crippen LogP contribution in [0.15, 0.2) is 30.3 Å². The van der Waals surface area contributed by atoms with Crippen molar-refractivity contribution < 1.29 is 0 Å². The summed E-state index contributed by atoms with van der Waals surface area (Å²) in [5.41, 5.74) is 5.21. The Labute approximate surface area is 133 Å². The molecule has 0 radical (unpaired) electrons. The zero-order valence-electron chi connectivity index (χ0n) is 13.7. The van der Waals surface area contributed by atoms with Gasteiger partial charge in [0.1, 0.15) is 0 Å². The van der Waals surface area contributed by atoms with Crippen molar-refractivity contribution in [2.45, 2.75) is 39.8 Å². The molecule has 2 heterocycles. The molecule has 1 aliphatic heterocycles. The molecular formula is C18H26N4. The van der Waals surface area contributed by atoms with Crippen LogP contribution in [0.4, 0.5) is 0 Å². The molecule has 0 unspecified atom stereocenters. The lowest BCUT2D eigenvalue weighted by Crippen LogP contribution is -2.32. The van der Waals surface area contributed by atoms with E-state index in [0.29, 0.717) is 0 Å². The number of rotatable bonds is 6. The summed E-state index contributed by atoms with van der Waals surface area (Å²) in [7, 11) is 0. The number of hydrogen-bond acceptors (Lipinski definition) is 3. The molecule has 22 heavy (non-hydrogen) atoms. The molecule has 0 aliphatic carbocycles. The van der Waals surface area contributed by atoms with Gasteiger partial charge in [0, 0.05) is 31.6 Å². The summed E-state index contributed by atoms with van der Waals surface area (Å²) >= 11 is 0. The zero-order valence-corrected chi connectivity index (χ0v) is 13.7. The molecule has 4 nitrogen and oxygen atoms in total. The highest BCUT2D eigenvalue weighted by Gasteiger charge is 2.24. The van der Waals surface area contributed by atoms with Crippen LogP contribution in [0.1, 0.15) is 37.2 Å². The van der Waals surface area contributed by atoms with E-state index in [0.717, 1.165) is 32.6 Å². The van der Waals surface area contributed by atoms with Gasteiger partial charge in [0.05, 0.1) is 17.1 Å². The normalized spacial score (nSPS) is 15.0. The minimum absolute atomic E-state index is 0.860. The van der Waals surface area contributed by atoms with Gasteiger partial charge in [0.25, 0.3) is 0 Å². The first-order valence-electron chi connectivity index (χ1n) is 8.41. The highest BCUT2D eigenvalue weighted by Crippen LogP contribution is 2.25. The fraction of sp³-hybridized carbons (Fsp3) is 0.500. The molecule has 0 amide bonds. The number of nitrogens with one attached hydrogen (secondary N) is 1. The predicted octanol–water partition coefficient (Wildman–Crippen LogP) is 2.75. The Morgan fingerprint density at radius 1 is 1.18 bits per heavy atom. The molecule has 1 N–H and O–H groups in total. The maximum Gasteiger partial charge on any atom is 0.0814 e. The van der Waals surface area contributed by atoms with Gasteiger partial charge in [0.15, 0.2) is 0 Å². The average Bonchev–Trinajstić information content (AvgIpc) is 2.92. The van der Waals surface area contributed by atoms with Crippen molar-refractivity contribution in [1.82, 2.24) is 20.0 Å². The molecule has 0 saturated carbocycles. The lowest BCUT2D eigenvalue weighted by molar-refractivity contribution is 0.252. The van der Waals surface area contributed by atoms with Gasteiger partial charge in [-0.1, -0.05) is 32.0 Å². The number of nitrogens with zero attached hydrogens (tertiary/aromatic N) is 3. The first-order valence-corrected chi connectivity index (χ1v) is 8.41. The largest absolute Gasteiger partial charge is 0.311 e. The fourth-order valence-corrected chi connectivity index (χ4v) is 3.22. The number of hydrogen-bond donors (Lipinski definition) is 1. The summed E-state index contributed by atoms with van der Waals surface area (Å²) in [6, 6.07) is 10.5. The standard InChI is InChI=1S/C18H26N4/c1-3-11-21-12-10-18-16(14-21)17(13-19-4-2)20-22(18)15-8-6-5-7-9-15/h5-9,19H,3-4,10-14H2,1-2H3. The molecule has 1 aromatic carbocycles. The van der Waals surface area contributed by atoms with E-state index in [1.54, 1.807) is 0 Å². The molecule has 118 valence electrons. The van der Waals surface area contributed by atoms with Gasteiger partial charge in [-0.2, -0.15) is 5.10 Å². The van der Waals surface area contributed by atoms with Crippen LogP contribution in [0.25, 0.3) is 5.69 Å². The molecule has 0 saturated heterocycles. The minimum atomic E-state index is 0.860. The summed E-state index contributed by atoms with van der Waals surface area (Å²) in [4.78, 5) is 2.55. The summed E-state index contributed by atoms with van der Waals surface area (Å²) in [5.74, 6) is 0. The molecule has 0 bridgehead atoms. The van der Waals surface area contributed by atoms with Crippen LogP contribution in [0, 0.1) is 0 Å². The predicted molar refractivity (Wildman–Crippen MR) is 90.2 cm³/mol. The zero-order chi connectivity index (χ0) is 15.4. The Bertz CT molecular complexity index is 603. The second kappa shape index (κ2) is 7.07. The third-order valence-corrected chi connectivity index (χ3v) is 4.30. The van der Waals surface area contributed by atoms with E-state index in [1.165, 1.54) is 35.6 Å². The maximum atomic E-state index is 4.92. The summed E-state index contributed by atoms with van der Waals surface area (Å²) < 4.78 is 2.16. The highest BCUT2D eigenvalue weighted by atomic mass is 15.3. The van der Waals surface area contributed by atoms with Crippen molar-refractivity contribution in [2.24, 2.45) is 0 Å². The Morgan fingerprint density at radius 3 is 2.73 bits per heavy atom. The number of para-hydroxylation sites is 1. The van der Waals surface area contributed by atoms with Crippen LogP contribution >= 0.6 is 0 Å². The number of benzene rings is 1. The van der Waals surface area contributed by atoms with Gasteiger partial charge in [0.2, 0.25) is 0 Å². The molecule has 1 aromatic heterocycles. The maximum absolute atomic E-state index is 4.92. The molecule has 4 heteroatoms. The summed E-state index contributed by atoms with van der Waals surface area (Å²) in [5, 5.41) is 8.35. The molecule has 0 spiro atoms. The van der Waals surface area contributed by atoms with Gasteiger partial charge >= 0.3 is 0 Å². The van der Waals surface area contributed by atoms with Crippen molar-refractivity contribution in [3.63, 3.8) is 0 Å². The number of fused-ring (bicyclic) bond motifs is 1. The van der Waals surface area contributed by atoms with Crippen molar-refractivity contribution in [3.05, 3.63) is 47.3 Å². The van der Waals surface area contributed by atoms with Crippen molar-refractivity contribution >= 4 is 0 Å². The second-order valence-corrected chi connectivity index (χ2v) is 5.93. The molecular weight excluding hydrogens is 272 g/mol. The topological polar surface area (TPSA) is 33.1 Å². The molecule has 0 fully saturated rings. The SMILES string of the molecule is CCCN1CCc2c(c(CNCC)nn2-c2ccccc2)C1. The quantitative estimate of drug-likeness (QED) is 0.890.